The van der Waals surface area contributed by atoms with E-state index < -0.39 is 35.7 Å². The molecule has 0 amide bonds. The van der Waals surface area contributed by atoms with Crippen molar-refractivity contribution in [2.24, 2.45) is 0 Å². The fourth-order valence-electron chi connectivity index (χ4n) is 1.91. The minimum absolute atomic E-state index is 0.0910. The van der Waals surface area contributed by atoms with Crippen LogP contribution in [0.15, 0.2) is 20.3 Å². The molecule has 1 aromatic rings. The molecule has 0 aliphatic carbocycles. The molecule has 1 aliphatic heterocycles. The van der Waals surface area contributed by atoms with E-state index in [9.17, 15) is 19.5 Å². The van der Waals surface area contributed by atoms with Crippen LogP contribution in [0.2, 0.25) is 0 Å². The number of H-pyrrole nitrogens is 1. The van der Waals surface area contributed by atoms with Gasteiger partial charge in [-0.1, -0.05) is 0 Å². The maximum absolute atomic E-state index is 11.7. The highest BCUT2D eigenvalue weighted by molar-refractivity contribution is 9.10. The van der Waals surface area contributed by atoms with Gasteiger partial charge in [-0.15, -0.1) is 0 Å². The molecule has 1 fully saturated rings. The molecule has 2 N–H and O–H groups in total. The summed E-state index contributed by atoms with van der Waals surface area (Å²) in [5.74, 6) is -0.479. The van der Waals surface area contributed by atoms with Gasteiger partial charge in [-0.2, -0.15) is 0 Å². The standard InChI is InChI=1S/C11H13BrN2O6/c1-5(15)19-4-8-7(16)2-9(20-8)14-3-6(12)10(17)13-11(14)18/h3,7-9,16H,2,4H2,1H3,(H,13,17,18)/t7-,8+,9+/m0/s1. The Bertz CT molecular complexity index is 624. The van der Waals surface area contributed by atoms with Gasteiger partial charge in [0, 0.05) is 19.5 Å². The van der Waals surface area contributed by atoms with Crippen LogP contribution in [0.25, 0.3) is 0 Å². The normalized spacial score (nSPS) is 25.6. The molecular weight excluding hydrogens is 336 g/mol. The summed E-state index contributed by atoms with van der Waals surface area (Å²) < 4.78 is 11.6. The zero-order chi connectivity index (χ0) is 14.9. The van der Waals surface area contributed by atoms with Gasteiger partial charge in [-0.25, -0.2) is 4.79 Å². The van der Waals surface area contributed by atoms with E-state index >= 15 is 0 Å². The number of esters is 1. The molecule has 1 aliphatic rings. The number of aromatic amines is 1. The molecule has 20 heavy (non-hydrogen) atoms. The summed E-state index contributed by atoms with van der Waals surface area (Å²) >= 11 is 3.02. The maximum Gasteiger partial charge on any atom is 0.330 e. The van der Waals surface area contributed by atoms with Crippen LogP contribution in [0.4, 0.5) is 0 Å². The molecular formula is C11H13BrN2O6. The van der Waals surface area contributed by atoms with Crippen molar-refractivity contribution in [1.82, 2.24) is 9.55 Å². The van der Waals surface area contributed by atoms with Crippen LogP contribution in [0.5, 0.6) is 0 Å². The second-order valence-corrected chi connectivity index (χ2v) is 5.23. The fourth-order valence-corrected chi connectivity index (χ4v) is 2.23. The Morgan fingerprint density at radius 3 is 3.00 bits per heavy atom. The van der Waals surface area contributed by atoms with Crippen molar-refractivity contribution in [3.8, 4) is 0 Å². The monoisotopic (exact) mass is 348 g/mol. The van der Waals surface area contributed by atoms with Crippen molar-refractivity contribution in [3.05, 3.63) is 31.5 Å². The number of carbonyl (C=O) groups excluding carboxylic acids is 1. The zero-order valence-electron chi connectivity index (χ0n) is 10.5. The number of hydrogen-bond acceptors (Lipinski definition) is 6. The van der Waals surface area contributed by atoms with E-state index in [0.717, 1.165) is 0 Å². The molecule has 0 spiro atoms. The van der Waals surface area contributed by atoms with E-state index in [4.69, 9.17) is 9.47 Å². The van der Waals surface area contributed by atoms with E-state index in [0.29, 0.717) is 0 Å². The predicted octanol–water partition coefficient (Wildman–Crippen LogP) is -0.489. The first-order valence-corrected chi connectivity index (χ1v) is 6.65. The highest BCUT2D eigenvalue weighted by Gasteiger charge is 2.36. The molecule has 2 heterocycles. The molecule has 9 heteroatoms. The third-order valence-electron chi connectivity index (χ3n) is 2.89. The molecule has 1 aromatic heterocycles. The highest BCUT2D eigenvalue weighted by Crippen LogP contribution is 2.28. The number of aliphatic hydroxyl groups excluding tert-OH is 1. The van der Waals surface area contributed by atoms with Gasteiger partial charge >= 0.3 is 11.7 Å². The Labute approximate surface area is 121 Å². The summed E-state index contributed by atoms with van der Waals surface area (Å²) in [5, 5.41) is 9.83. The quantitative estimate of drug-likeness (QED) is 0.713. The number of hydrogen-bond donors (Lipinski definition) is 2. The number of halogens is 1. The maximum atomic E-state index is 11.7. The lowest BCUT2D eigenvalue weighted by atomic mass is 10.2. The summed E-state index contributed by atoms with van der Waals surface area (Å²) in [5.41, 5.74) is -1.18. The number of nitrogens with one attached hydrogen (secondary N) is 1. The second kappa shape index (κ2) is 5.90. The molecule has 0 unspecified atom stereocenters. The van der Waals surface area contributed by atoms with Gasteiger partial charge in [0.1, 0.15) is 18.9 Å². The summed E-state index contributed by atoms with van der Waals surface area (Å²) in [4.78, 5) is 35.8. The average Bonchev–Trinajstić information content (AvgIpc) is 2.72. The predicted molar refractivity (Wildman–Crippen MR) is 70.2 cm³/mol. The number of rotatable bonds is 3. The Balaban J connectivity index is 2.16. The zero-order valence-corrected chi connectivity index (χ0v) is 12.1. The van der Waals surface area contributed by atoms with E-state index in [1.165, 1.54) is 17.7 Å². The molecule has 0 radical (unpaired) electrons. The van der Waals surface area contributed by atoms with Gasteiger partial charge in [-0.3, -0.25) is 19.1 Å². The van der Waals surface area contributed by atoms with Crippen molar-refractivity contribution in [2.45, 2.75) is 31.8 Å². The smallest absolute Gasteiger partial charge is 0.330 e. The molecule has 8 nitrogen and oxygen atoms in total. The molecule has 0 aromatic carbocycles. The highest BCUT2D eigenvalue weighted by atomic mass is 79.9. The van der Waals surface area contributed by atoms with Crippen LogP contribution in [0.1, 0.15) is 19.6 Å². The van der Waals surface area contributed by atoms with Gasteiger partial charge < -0.3 is 14.6 Å². The lowest BCUT2D eigenvalue weighted by molar-refractivity contribution is -0.147. The molecule has 110 valence electrons. The van der Waals surface area contributed by atoms with Gasteiger partial charge in [0.25, 0.3) is 5.56 Å². The molecule has 1 saturated heterocycles. The van der Waals surface area contributed by atoms with Crippen molar-refractivity contribution in [1.29, 1.82) is 0 Å². The SMILES string of the molecule is CC(=O)OC[C@H]1O[C@@H](n2cc(Br)c(=O)[nH]c2=O)C[C@@H]1O. The molecule has 2 rings (SSSR count). The fraction of sp³-hybridized carbons (Fsp3) is 0.545. The van der Waals surface area contributed by atoms with Crippen molar-refractivity contribution >= 4 is 21.9 Å². The Kier molecular flexibility index (Phi) is 4.41. The Morgan fingerprint density at radius 2 is 2.35 bits per heavy atom. The van der Waals surface area contributed by atoms with Crippen LogP contribution < -0.4 is 11.2 Å². The van der Waals surface area contributed by atoms with Crippen LogP contribution in [-0.4, -0.2) is 39.4 Å². The summed E-state index contributed by atoms with van der Waals surface area (Å²) in [7, 11) is 0. The molecule has 0 bridgehead atoms. The molecule has 3 atom stereocenters. The number of carbonyl (C=O) groups is 1. The topological polar surface area (TPSA) is 111 Å². The first kappa shape index (κ1) is 14.9. The first-order valence-electron chi connectivity index (χ1n) is 5.86. The largest absolute Gasteiger partial charge is 0.463 e. The van der Waals surface area contributed by atoms with Crippen molar-refractivity contribution in [3.63, 3.8) is 0 Å². The number of ether oxygens (including phenoxy) is 2. The van der Waals surface area contributed by atoms with Crippen LogP contribution in [0.3, 0.4) is 0 Å². The number of nitrogens with zero attached hydrogens (tertiary/aromatic N) is 1. The number of aliphatic hydroxyl groups is 1. The Hall–Kier alpha value is -1.45. The Morgan fingerprint density at radius 1 is 1.65 bits per heavy atom. The van der Waals surface area contributed by atoms with Crippen LogP contribution >= 0.6 is 15.9 Å². The van der Waals surface area contributed by atoms with Gasteiger partial charge in [-0.05, 0) is 15.9 Å². The van der Waals surface area contributed by atoms with Crippen LogP contribution in [-0.2, 0) is 14.3 Å². The van der Waals surface area contributed by atoms with Gasteiger partial charge in [0.05, 0.1) is 10.6 Å². The lowest BCUT2D eigenvalue weighted by Crippen LogP contribution is -2.32. The van der Waals surface area contributed by atoms with E-state index in [2.05, 4.69) is 20.9 Å². The summed E-state index contributed by atoms with van der Waals surface area (Å²) in [6.45, 7) is 1.16. The van der Waals surface area contributed by atoms with Crippen molar-refractivity contribution in [2.75, 3.05) is 6.61 Å². The average molecular weight is 349 g/mol. The van der Waals surface area contributed by atoms with Gasteiger partial charge in [0.2, 0.25) is 0 Å². The van der Waals surface area contributed by atoms with Crippen molar-refractivity contribution < 1.29 is 19.4 Å². The lowest BCUT2D eigenvalue weighted by Gasteiger charge is -2.15. The first-order chi connectivity index (χ1) is 9.38. The van der Waals surface area contributed by atoms with E-state index in [-0.39, 0.29) is 17.5 Å². The number of aromatic nitrogens is 2. The van der Waals surface area contributed by atoms with Gasteiger partial charge in [0.15, 0.2) is 0 Å². The third-order valence-corrected chi connectivity index (χ3v) is 3.45. The van der Waals surface area contributed by atoms with E-state index in [1.54, 1.807) is 0 Å². The van der Waals surface area contributed by atoms with E-state index in [1.807, 2.05) is 0 Å². The van der Waals surface area contributed by atoms with Crippen LogP contribution in [0, 0.1) is 0 Å². The molecule has 0 saturated carbocycles. The minimum atomic E-state index is -0.864. The second-order valence-electron chi connectivity index (χ2n) is 4.38. The summed E-state index contributed by atoms with van der Waals surface area (Å²) in [6, 6.07) is 0. The minimum Gasteiger partial charge on any atom is -0.463 e. The third kappa shape index (κ3) is 3.17. The summed E-state index contributed by atoms with van der Waals surface area (Å²) in [6.07, 6.45) is -0.846.